The van der Waals surface area contributed by atoms with Crippen molar-refractivity contribution < 1.29 is 14.3 Å². The number of piperazine rings is 1. The molecule has 2 amide bonds. The first-order valence-corrected chi connectivity index (χ1v) is 9.37. The van der Waals surface area contributed by atoms with Crippen LogP contribution in [0.2, 0.25) is 0 Å². The van der Waals surface area contributed by atoms with Crippen LogP contribution < -0.4 is 5.32 Å². The molecule has 0 bridgehead atoms. The Morgan fingerprint density at radius 1 is 1.00 bits per heavy atom. The number of hydrogen-bond donors (Lipinski definition) is 1. The molecule has 148 valence electrons. The molecule has 8 nitrogen and oxygen atoms in total. The maximum atomic E-state index is 12.6. The minimum Gasteiger partial charge on any atom is -0.450 e. The van der Waals surface area contributed by atoms with Gasteiger partial charge in [0.1, 0.15) is 0 Å². The van der Waals surface area contributed by atoms with E-state index in [0.29, 0.717) is 38.6 Å². The summed E-state index contributed by atoms with van der Waals surface area (Å²) in [5.74, 6) is 0.390. The molecule has 1 aliphatic heterocycles. The minimum atomic E-state index is -0.337. The van der Waals surface area contributed by atoms with Crippen molar-refractivity contribution in [3.8, 4) is 0 Å². The topological polar surface area (TPSA) is 87.7 Å². The van der Waals surface area contributed by atoms with Crippen LogP contribution in [0.1, 0.15) is 28.5 Å². The van der Waals surface area contributed by atoms with Gasteiger partial charge in [-0.25, -0.2) is 4.79 Å². The quantitative estimate of drug-likeness (QED) is 0.873. The van der Waals surface area contributed by atoms with Gasteiger partial charge >= 0.3 is 6.09 Å². The van der Waals surface area contributed by atoms with Crippen LogP contribution in [0.15, 0.2) is 30.3 Å². The second-order valence-corrected chi connectivity index (χ2v) is 6.71. The van der Waals surface area contributed by atoms with Crippen LogP contribution in [0.5, 0.6) is 0 Å². The molecule has 8 heteroatoms. The zero-order valence-corrected chi connectivity index (χ0v) is 16.4. The third kappa shape index (κ3) is 4.57. The van der Waals surface area contributed by atoms with Crippen LogP contribution in [0, 0.1) is 13.8 Å². The highest BCUT2D eigenvalue weighted by Gasteiger charge is 2.26. The van der Waals surface area contributed by atoms with E-state index in [9.17, 15) is 9.59 Å². The fraction of sp³-hybridized carbons (Fsp3) is 0.400. The van der Waals surface area contributed by atoms with Gasteiger partial charge in [-0.2, -0.15) is 0 Å². The molecule has 1 aliphatic rings. The Balaban J connectivity index is 1.58. The molecule has 1 fully saturated rings. The standard InChI is InChI=1S/C20H25N5O3/c1-4-28-20(27)25-11-9-24(10-12-25)19(26)17-7-8-18(23-22-17)21-16-6-5-14(2)15(3)13-16/h5-8,13H,4,9-12H2,1-3H3,(H,21,23). The lowest BCUT2D eigenvalue weighted by Crippen LogP contribution is -2.50. The summed E-state index contributed by atoms with van der Waals surface area (Å²) >= 11 is 0. The summed E-state index contributed by atoms with van der Waals surface area (Å²) in [7, 11) is 0. The number of rotatable bonds is 4. The third-order valence-electron chi connectivity index (χ3n) is 4.76. The number of aromatic nitrogens is 2. The van der Waals surface area contributed by atoms with Gasteiger partial charge in [0.15, 0.2) is 11.5 Å². The monoisotopic (exact) mass is 383 g/mol. The molecule has 1 saturated heterocycles. The van der Waals surface area contributed by atoms with Crippen LogP contribution in [0.3, 0.4) is 0 Å². The Bertz CT molecular complexity index is 845. The molecule has 2 heterocycles. The molecule has 2 aromatic rings. The Hall–Kier alpha value is -3.16. The molecule has 0 spiro atoms. The number of anilines is 2. The van der Waals surface area contributed by atoms with E-state index < -0.39 is 0 Å². The van der Waals surface area contributed by atoms with Crippen molar-refractivity contribution in [3.63, 3.8) is 0 Å². The molecular formula is C20H25N5O3. The van der Waals surface area contributed by atoms with E-state index in [2.05, 4.69) is 29.4 Å². The van der Waals surface area contributed by atoms with Crippen LogP contribution in [0.4, 0.5) is 16.3 Å². The minimum absolute atomic E-state index is 0.186. The highest BCUT2D eigenvalue weighted by atomic mass is 16.6. The second-order valence-electron chi connectivity index (χ2n) is 6.71. The van der Waals surface area contributed by atoms with Crippen molar-refractivity contribution in [3.05, 3.63) is 47.2 Å². The number of amides is 2. The zero-order chi connectivity index (χ0) is 20.1. The number of hydrogen-bond acceptors (Lipinski definition) is 6. The Labute approximate surface area is 164 Å². The zero-order valence-electron chi connectivity index (χ0n) is 16.4. The summed E-state index contributed by atoms with van der Waals surface area (Å²) in [6, 6.07) is 9.46. The van der Waals surface area contributed by atoms with Crippen molar-refractivity contribution in [1.29, 1.82) is 0 Å². The third-order valence-corrected chi connectivity index (χ3v) is 4.76. The van der Waals surface area contributed by atoms with Crippen LogP contribution in [0.25, 0.3) is 0 Å². The van der Waals surface area contributed by atoms with Crippen molar-refractivity contribution >= 4 is 23.5 Å². The lowest BCUT2D eigenvalue weighted by molar-refractivity contribution is 0.0565. The predicted octanol–water partition coefficient (Wildman–Crippen LogP) is 2.75. The number of carbonyl (C=O) groups excluding carboxylic acids is 2. The van der Waals surface area contributed by atoms with E-state index in [1.165, 1.54) is 11.1 Å². The summed E-state index contributed by atoms with van der Waals surface area (Å²) < 4.78 is 4.99. The largest absolute Gasteiger partial charge is 0.450 e. The molecule has 0 aliphatic carbocycles. The molecular weight excluding hydrogens is 358 g/mol. The van der Waals surface area contributed by atoms with Gasteiger partial charge in [0.25, 0.3) is 5.91 Å². The van der Waals surface area contributed by atoms with E-state index in [1.54, 1.807) is 28.9 Å². The summed E-state index contributed by atoms with van der Waals surface area (Å²) in [5, 5.41) is 11.4. The predicted molar refractivity (Wildman–Crippen MR) is 106 cm³/mol. The number of nitrogens with zero attached hydrogens (tertiary/aromatic N) is 4. The van der Waals surface area contributed by atoms with Crippen molar-refractivity contribution in [2.45, 2.75) is 20.8 Å². The molecule has 28 heavy (non-hydrogen) atoms. The Kier molecular flexibility index (Phi) is 6.08. The van der Waals surface area contributed by atoms with Gasteiger partial charge in [0, 0.05) is 31.9 Å². The van der Waals surface area contributed by atoms with Crippen LogP contribution >= 0.6 is 0 Å². The van der Waals surface area contributed by atoms with Crippen molar-refractivity contribution in [1.82, 2.24) is 20.0 Å². The van der Waals surface area contributed by atoms with E-state index in [1.807, 2.05) is 18.2 Å². The first-order chi connectivity index (χ1) is 13.5. The number of benzene rings is 1. The molecule has 0 atom stereocenters. The van der Waals surface area contributed by atoms with E-state index in [-0.39, 0.29) is 17.7 Å². The van der Waals surface area contributed by atoms with Gasteiger partial charge < -0.3 is 19.9 Å². The number of ether oxygens (including phenoxy) is 1. The molecule has 0 unspecified atom stereocenters. The Morgan fingerprint density at radius 2 is 1.71 bits per heavy atom. The van der Waals surface area contributed by atoms with Gasteiger partial charge in [-0.3, -0.25) is 4.79 Å². The molecule has 1 N–H and O–H groups in total. The number of aryl methyl sites for hydroxylation is 2. The normalized spacial score (nSPS) is 14.0. The maximum Gasteiger partial charge on any atom is 0.409 e. The highest BCUT2D eigenvalue weighted by Crippen LogP contribution is 2.18. The van der Waals surface area contributed by atoms with E-state index in [0.717, 1.165) is 5.69 Å². The lowest BCUT2D eigenvalue weighted by atomic mass is 10.1. The van der Waals surface area contributed by atoms with Crippen LogP contribution in [-0.2, 0) is 4.74 Å². The maximum absolute atomic E-state index is 12.6. The lowest BCUT2D eigenvalue weighted by Gasteiger charge is -2.33. The average Bonchev–Trinajstić information content (AvgIpc) is 2.71. The SMILES string of the molecule is CCOC(=O)N1CCN(C(=O)c2ccc(Nc3ccc(C)c(C)c3)nn2)CC1. The van der Waals surface area contributed by atoms with Crippen molar-refractivity contribution in [2.24, 2.45) is 0 Å². The first kappa shape index (κ1) is 19.6. The fourth-order valence-electron chi connectivity index (χ4n) is 2.95. The molecule has 1 aromatic carbocycles. The Morgan fingerprint density at radius 3 is 2.32 bits per heavy atom. The molecule has 0 saturated carbocycles. The number of nitrogens with one attached hydrogen (secondary N) is 1. The smallest absolute Gasteiger partial charge is 0.409 e. The summed E-state index contributed by atoms with van der Waals surface area (Å²) in [4.78, 5) is 27.6. The first-order valence-electron chi connectivity index (χ1n) is 9.37. The van der Waals surface area contributed by atoms with E-state index in [4.69, 9.17) is 4.74 Å². The fourth-order valence-corrected chi connectivity index (χ4v) is 2.95. The molecule has 0 radical (unpaired) electrons. The summed E-state index contributed by atoms with van der Waals surface area (Å²) in [5.41, 5.74) is 3.62. The summed E-state index contributed by atoms with van der Waals surface area (Å²) in [6.45, 7) is 8.02. The average molecular weight is 383 g/mol. The van der Waals surface area contributed by atoms with Crippen molar-refractivity contribution in [2.75, 3.05) is 38.1 Å². The molecule has 3 rings (SSSR count). The van der Waals surface area contributed by atoms with Gasteiger partial charge in [-0.05, 0) is 56.2 Å². The van der Waals surface area contributed by atoms with Gasteiger partial charge in [0.05, 0.1) is 6.61 Å². The van der Waals surface area contributed by atoms with Crippen LogP contribution in [-0.4, -0.2) is 64.8 Å². The number of carbonyl (C=O) groups is 2. The molecule has 1 aromatic heterocycles. The highest BCUT2D eigenvalue weighted by molar-refractivity contribution is 5.92. The summed E-state index contributed by atoms with van der Waals surface area (Å²) in [6.07, 6.45) is -0.337. The van der Waals surface area contributed by atoms with E-state index >= 15 is 0 Å². The van der Waals surface area contributed by atoms with Gasteiger partial charge in [-0.1, -0.05) is 6.07 Å². The van der Waals surface area contributed by atoms with Gasteiger partial charge in [0.2, 0.25) is 0 Å². The van der Waals surface area contributed by atoms with Gasteiger partial charge in [-0.15, -0.1) is 10.2 Å². The second kappa shape index (κ2) is 8.69.